The molecule has 0 spiro atoms. The van der Waals surface area contributed by atoms with Gasteiger partial charge in [-0.1, -0.05) is 19.4 Å². The number of unbranched alkanes of at least 4 members (excludes halogenated alkanes) is 1. The molecule has 0 radical (unpaired) electrons. The number of carbonyl (C=O) groups is 3. The van der Waals surface area contributed by atoms with E-state index in [0.717, 1.165) is 41.2 Å². The highest BCUT2D eigenvalue weighted by Gasteiger charge is 2.21. The zero-order chi connectivity index (χ0) is 29.8. The molecule has 220 valence electrons. The van der Waals surface area contributed by atoms with Crippen molar-refractivity contribution < 1.29 is 24.2 Å². The zero-order valence-electron chi connectivity index (χ0n) is 23.1. The summed E-state index contributed by atoms with van der Waals surface area (Å²) in [4.78, 5) is 60.0. The minimum absolute atomic E-state index is 0.0578. The van der Waals surface area contributed by atoms with Crippen LogP contribution in [0.3, 0.4) is 0 Å². The van der Waals surface area contributed by atoms with Crippen molar-refractivity contribution in [2.75, 3.05) is 25.0 Å². The molecule has 1 aromatic heterocycles. The second kappa shape index (κ2) is 15.4. The Morgan fingerprint density at radius 2 is 1.80 bits per heavy atom. The van der Waals surface area contributed by atoms with Crippen molar-refractivity contribution >= 4 is 35.0 Å². The Balaban J connectivity index is 1.38. The van der Waals surface area contributed by atoms with Crippen LogP contribution in [0.5, 0.6) is 5.75 Å². The molecular formula is C28H35N5O7S. The lowest BCUT2D eigenvalue weighted by Crippen LogP contribution is -2.41. The van der Waals surface area contributed by atoms with Gasteiger partial charge in [-0.05, 0) is 55.7 Å². The predicted molar refractivity (Wildman–Crippen MR) is 156 cm³/mol. The Kier molecular flexibility index (Phi) is 11.7. The van der Waals surface area contributed by atoms with E-state index in [1.54, 1.807) is 48.5 Å². The number of hydrogen-bond acceptors (Lipinski definition) is 8. The van der Waals surface area contributed by atoms with E-state index < -0.39 is 23.6 Å². The molecule has 12 nitrogen and oxygen atoms in total. The number of carboxylic acid groups (broad SMARTS) is 1. The molecule has 0 fully saturated rings. The van der Waals surface area contributed by atoms with E-state index in [9.17, 15) is 29.1 Å². The Morgan fingerprint density at radius 3 is 2.46 bits per heavy atom. The number of hydrogen-bond donors (Lipinski definition) is 4. The molecule has 4 N–H and O–H groups in total. The summed E-state index contributed by atoms with van der Waals surface area (Å²) in [6, 6.07) is 12.3. The quantitative estimate of drug-likeness (QED) is 0.186. The molecule has 0 aliphatic carbocycles. The zero-order valence-corrected chi connectivity index (χ0v) is 23.9. The first-order valence-electron chi connectivity index (χ1n) is 13.4. The molecule has 41 heavy (non-hydrogen) atoms. The smallest absolute Gasteiger partial charge is 0.345 e. The van der Waals surface area contributed by atoms with Crippen LogP contribution in [0.25, 0.3) is 5.69 Å². The molecule has 2 aromatic carbocycles. The van der Waals surface area contributed by atoms with E-state index in [4.69, 9.17) is 4.74 Å². The maximum Gasteiger partial charge on any atom is 0.345 e. The molecule has 1 heterocycles. The summed E-state index contributed by atoms with van der Waals surface area (Å²) in [5, 5.41) is 18.0. The molecule has 0 saturated carbocycles. The lowest BCUT2D eigenvalue weighted by molar-refractivity contribution is -0.139. The van der Waals surface area contributed by atoms with E-state index >= 15 is 0 Å². The number of aromatic nitrogens is 2. The van der Waals surface area contributed by atoms with Crippen LogP contribution in [0.2, 0.25) is 0 Å². The number of amides is 2. The number of nitrogens with zero attached hydrogens (tertiary/aromatic N) is 2. The molecule has 13 heteroatoms. The highest BCUT2D eigenvalue weighted by molar-refractivity contribution is 7.03. The third-order valence-electron chi connectivity index (χ3n) is 6.14. The molecule has 1 atom stereocenters. The van der Waals surface area contributed by atoms with E-state index in [1.165, 1.54) is 11.0 Å². The number of benzene rings is 2. The van der Waals surface area contributed by atoms with Crippen LogP contribution in [-0.2, 0) is 16.6 Å². The first-order valence-corrected chi connectivity index (χ1v) is 14.1. The normalized spacial score (nSPS) is 11.5. The van der Waals surface area contributed by atoms with Crippen LogP contribution in [-0.4, -0.2) is 57.2 Å². The molecule has 2 amide bonds. The highest BCUT2D eigenvalue weighted by Crippen LogP contribution is 2.16. The van der Waals surface area contributed by atoms with Gasteiger partial charge in [0.15, 0.2) is 0 Å². The molecule has 0 saturated heterocycles. The fourth-order valence-electron chi connectivity index (χ4n) is 3.76. The highest BCUT2D eigenvalue weighted by atomic mass is 32.1. The second-order valence-electron chi connectivity index (χ2n) is 9.30. The van der Waals surface area contributed by atoms with Crippen LogP contribution in [0, 0.1) is 0 Å². The molecule has 1 unspecified atom stereocenters. The topological polar surface area (TPSA) is 161 Å². The Hall–Kier alpha value is -4.39. The lowest BCUT2D eigenvalue weighted by atomic mass is 10.1. The summed E-state index contributed by atoms with van der Waals surface area (Å²) in [7, 11) is 1.41. The van der Waals surface area contributed by atoms with Crippen LogP contribution in [0.1, 0.15) is 49.4 Å². The summed E-state index contributed by atoms with van der Waals surface area (Å²) in [5.41, 5.74) is 1.29. The van der Waals surface area contributed by atoms with Crippen LogP contribution < -0.4 is 31.2 Å². The van der Waals surface area contributed by atoms with Crippen LogP contribution >= 0.6 is 11.5 Å². The van der Waals surface area contributed by atoms with Gasteiger partial charge >= 0.3 is 16.5 Å². The number of nitrogens with one attached hydrogen (secondary N) is 3. The predicted octanol–water partition coefficient (Wildman–Crippen LogP) is 2.36. The molecule has 0 aliphatic rings. The summed E-state index contributed by atoms with van der Waals surface area (Å²) in [6.07, 6.45) is 2.45. The van der Waals surface area contributed by atoms with Crippen molar-refractivity contribution in [3.05, 3.63) is 74.2 Å². The van der Waals surface area contributed by atoms with Crippen molar-refractivity contribution in [2.24, 2.45) is 7.05 Å². The minimum atomic E-state index is -1.22. The fourth-order valence-corrected chi connectivity index (χ4v) is 4.53. The maximum absolute atomic E-state index is 12.5. The van der Waals surface area contributed by atoms with Gasteiger partial charge < -0.3 is 25.8 Å². The third kappa shape index (κ3) is 9.34. The van der Waals surface area contributed by atoms with Crippen molar-refractivity contribution in [3.8, 4) is 11.4 Å². The summed E-state index contributed by atoms with van der Waals surface area (Å²) in [5.74, 6) is -1.57. The monoisotopic (exact) mass is 585 g/mol. The van der Waals surface area contributed by atoms with Gasteiger partial charge in [-0.3, -0.25) is 19.0 Å². The third-order valence-corrected chi connectivity index (χ3v) is 7.12. The van der Waals surface area contributed by atoms with Gasteiger partial charge in [0.2, 0.25) is 5.91 Å². The molecule has 3 rings (SSSR count). The lowest BCUT2D eigenvalue weighted by Gasteiger charge is -2.15. The van der Waals surface area contributed by atoms with Crippen molar-refractivity contribution in [1.29, 1.82) is 0 Å². The van der Waals surface area contributed by atoms with Crippen LogP contribution in [0.4, 0.5) is 5.69 Å². The minimum Gasteiger partial charge on any atom is -0.493 e. The molecule has 3 aromatic rings. The number of ether oxygens (including phenoxy) is 1. The molecular weight excluding hydrogens is 550 g/mol. The standard InChI is InChI=1S/C28H35N5O7S/c1-3-4-15-29-20-11-9-19(10-12-20)25(35)31-23(26(36)37)13-14-24(34)30-16-6-17-40-22-8-5-7-21(18-22)33-27(38)32(2)28(39)41-33/h5,7-12,18,23,29H,3-4,6,13-17H2,1-2H3,(H,30,34)(H,31,35)(H,36,37). The van der Waals surface area contributed by atoms with E-state index in [1.807, 2.05) is 0 Å². The summed E-state index contributed by atoms with van der Waals surface area (Å²) < 4.78 is 8.01. The van der Waals surface area contributed by atoms with Crippen molar-refractivity contribution in [2.45, 2.75) is 45.1 Å². The second-order valence-corrected chi connectivity index (χ2v) is 10.2. The maximum atomic E-state index is 12.5. The van der Waals surface area contributed by atoms with Gasteiger partial charge in [-0.2, -0.15) is 0 Å². The van der Waals surface area contributed by atoms with Gasteiger partial charge in [-0.15, -0.1) is 0 Å². The fraction of sp³-hybridized carbons (Fsp3) is 0.393. The molecule has 0 aliphatic heterocycles. The number of anilines is 1. The summed E-state index contributed by atoms with van der Waals surface area (Å²) in [6.45, 7) is 3.52. The average molecular weight is 586 g/mol. The van der Waals surface area contributed by atoms with Gasteiger partial charge in [0.1, 0.15) is 11.8 Å². The SMILES string of the molecule is CCCCNc1ccc(C(=O)NC(CCC(=O)NCCCOc2cccc(-n3sc(=O)n(C)c3=O)c2)C(=O)O)cc1. The van der Waals surface area contributed by atoms with Gasteiger partial charge in [0.25, 0.3) is 5.91 Å². The first kappa shape index (κ1) is 31.1. The number of aliphatic carboxylic acids is 1. The Bertz CT molecular complexity index is 1440. The number of carbonyl (C=O) groups excluding carboxylic acids is 2. The Morgan fingerprint density at radius 1 is 1.05 bits per heavy atom. The molecule has 0 bridgehead atoms. The van der Waals surface area contributed by atoms with Gasteiger partial charge in [0.05, 0.1) is 12.3 Å². The first-order chi connectivity index (χ1) is 19.7. The van der Waals surface area contributed by atoms with E-state index in [0.29, 0.717) is 30.0 Å². The Labute approximate surface area is 241 Å². The summed E-state index contributed by atoms with van der Waals surface area (Å²) >= 11 is 0.798. The van der Waals surface area contributed by atoms with Crippen molar-refractivity contribution in [1.82, 2.24) is 19.2 Å². The largest absolute Gasteiger partial charge is 0.493 e. The van der Waals surface area contributed by atoms with E-state index in [2.05, 4.69) is 22.9 Å². The number of carboxylic acids is 1. The van der Waals surface area contributed by atoms with Crippen LogP contribution in [0.15, 0.2) is 58.1 Å². The number of rotatable bonds is 16. The average Bonchev–Trinajstić information content (AvgIpc) is 3.22. The van der Waals surface area contributed by atoms with Gasteiger partial charge in [-0.25, -0.2) is 13.5 Å². The van der Waals surface area contributed by atoms with Gasteiger partial charge in [0, 0.05) is 55.4 Å². The van der Waals surface area contributed by atoms with Crippen molar-refractivity contribution in [3.63, 3.8) is 0 Å². The van der Waals surface area contributed by atoms with E-state index in [-0.39, 0.29) is 30.2 Å².